The first-order valence-corrected chi connectivity index (χ1v) is 8.31. The molecule has 4 heteroatoms. The summed E-state index contributed by atoms with van der Waals surface area (Å²) in [5.74, 6) is 0.285. The predicted molar refractivity (Wildman–Crippen MR) is 71.4 cm³/mol. The maximum Gasteiger partial charge on any atom is 0.178 e. The molecule has 1 aromatic carbocycles. The highest BCUT2D eigenvalue weighted by Crippen LogP contribution is 2.35. The van der Waals surface area contributed by atoms with Gasteiger partial charge in [0.1, 0.15) is 0 Å². The van der Waals surface area contributed by atoms with Gasteiger partial charge in [0.05, 0.1) is 10.6 Å². The molecule has 0 radical (unpaired) electrons. The van der Waals surface area contributed by atoms with Crippen molar-refractivity contribution in [2.75, 3.05) is 5.75 Å². The van der Waals surface area contributed by atoms with Gasteiger partial charge in [-0.15, -0.1) is 0 Å². The van der Waals surface area contributed by atoms with Gasteiger partial charge in [-0.25, -0.2) is 8.42 Å². The normalized spacial score (nSPS) is 26.4. The minimum atomic E-state index is -3.10. The van der Waals surface area contributed by atoms with Crippen LogP contribution in [0.4, 0.5) is 0 Å². The quantitative estimate of drug-likeness (QED) is 0.893. The molecule has 1 unspecified atom stereocenters. The molecule has 1 aliphatic carbocycles. The van der Waals surface area contributed by atoms with Gasteiger partial charge >= 0.3 is 0 Å². The minimum Gasteiger partial charge on any atom is -0.307 e. The molecule has 3 nitrogen and oxygen atoms in total. The number of nitrogens with one attached hydrogen (secondary N) is 1. The molecule has 98 valence electrons. The summed E-state index contributed by atoms with van der Waals surface area (Å²) < 4.78 is 24.7. The van der Waals surface area contributed by atoms with E-state index in [1.807, 2.05) is 25.1 Å². The number of hydrogen-bond donors (Lipinski definition) is 1. The molecule has 0 aromatic heterocycles. The van der Waals surface area contributed by atoms with Gasteiger partial charge in [-0.2, -0.15) is 0 Å². The molecule has 1 heterocycles. The number of rotatable bonds is 2. The Hall–Kier alpha value is -0.870. The van der Waals surface area contributed by atoms with Gasteiger partial charge < -0.3 is 5.32 Å². The molecule has 1 aromatic rings. The zero-order valence-corrected chi connectivity index (χ0v) is 11.5. The molecule has 1 fully saturated rings. The van der Waals surface area contributed by atoms with Crippen LogP contribution in [0.25, 0.3) is 0 Å². The van der Waals surface area contributed by atoms with Crippen LogP contribution in [-0.4, -0.2) is 20.2 Å². The van der Waals surface area contributed by atoms with Crippen molar-refractivity contribution in [1.82, 2.24) is 5.32 Å². The Bertz CT molecular complexity index is 561. The Morgan fingerprint density at radius 2 is 2.00 bits per heavy atom. The molecule has 1 atom stereocenters. The number of sulfone groups is 1. The Kier molecular flexibility index (Phi) is 2.94. The Morgan fingerprint density at radius 3 is 2.72 bits per heavy atom. The third-order valence-corrected chi connectivity index (χ3v) is 5.85. The number of hydrogen-bond acceptors (Lipinski definition) is 3. The third-order valence-electron chi connectivity index (χ3n) is 3.85. The summed E-state index contributed by atoms with van der Waals surface area (Å²) in [4.78, 5) is 0.584. The summed E-state index contributed by atoms with van der Waals surface area (Å²) in [5.41, 5.74) is 1.87. The third kappa shape index (κ3) is 2.19. The van der Waals surface area contributed by atoms with Crippen LogP contribution in [0.3, 0.4) is 0 Å². The first kappa shape index (κ1) is 12.2. The second kappa shape index (κ2) is 4.35. The first-order valence-electron chi connectivity index (χ1n) is 6.66. The van der Waals surface area contributed by atoms with Crippen molar-refractivity contribution in [3.63, 3.8) is 0 Å². The summed E-state index contributed by atoms with van der Waals surface area (Å²) in [7, 11) is -3.10. The van der Waals surface area contributed by atoms with Crippen LogP contribution in [0.1, 0.15) is 42.9 Å². The van der Waals surface area contributed by atoms with E-state index >= 15 is 0 Å². The minimum absolute atomic E-state index is 0.213. The van der Waals surface area contributed by atoms with Crippen LogP contribution in [0, 0.1) is 6.92 Å². The maximum absolute atomic E-state index is 12.3. The van der Waals surface area contributed by atoms with Crippen LogP contribution in [0.5, 0.6) is 0 Å². The standard InChI is InChI=1S/C14H19NO2S/c1-10-4-2-5-12-13(15-11-7-8-11)6-3-9-18(16,17)14(10)12/h2,4-5,11,13,15H,3,6-9H2,1H3. The zero-order valence-electron chi connectivity index (χ0n) is 10.6. The van der Waals surface area contributed by atoms with Crippen molar-refractivity contribution in [3.05, 3.63) is 29.3 Å². The van der Waals surface area contributed by atoms with Crippen LogP contribution >= 0.6 is 0 Å². The van der Waals surface area contributed by atoms with Crippen molar-refractivity contribution in [3.8, 4) is 0 Å². The molecule has 0 saturated heterocycles. The maximum atomic E-state index is 12.3. The largest absolute Gasteiger partial charge is 0.307 e. The van der Waals surface area contributed by atoms with E-state index in [0.29, 0.717) is 10.9 Å². The van der Waals surface area contributed by atoms with Gasteiger partial charge in [-0.3, -0.25) is 0 Å². The second-order valence-corrected chi connectivity index (χ2v) is 7.49. The Morgan fingerprint density at radius 1 is 1.22 bits per heavy atom. The fourth-order valence-electron chi connectivity index (χ4n) is 2.82. The molecule has 2 aliphatic rings. The fraction of sp³-hybridized carbons (Fsp3) is 0.571. The number of fused-ring (bicyclic) bond motifs is 1. The lowest BCUT2D eigenvalue weighted by Gasteiger charge is -2.19. The smallest absolute Gasteiger partial charge is 0.178 e. The van der Waals surface area contributed by atoms with Gasteiger partial charge in [0.2, 0.25) is 0 Å². The number of aryl methyl sites for hydroxylation is 1. The van der Waals surface area contributed by atoms with Crippen molar-refractivity contribution >= 4 is 9.84 Å². The van der Waals surface area contributed by atoms with Crippen molar-refractivity contribution in [2.45, 2.75) is 49.6 Å². The topological polar surface area (TPSA) is 46.2 Å². The molecule has 1 saturated carbocycles. The van der Waals surface area contributed by atoms with E-state index in [4.69, 9.17) is 0 Å². The van der Waals surface area contributed by atoms with Gasteiger partial charge in [-0.1, -0.05) is 18.2 Å². The summed E-state index contributed by atoms with van der Waals surface area (Å²) in [6, 6.07) is 6.66. The lowest BCUT2D eigenvalue weighted by molar-refractivity contribution is 0.490. The predicted octanol–water partition coefficient (Wildman–Crippen LogP) is 2.36. The van der Waals surface area contributed by atoms with E-state index in [0.717, 1.165) is 24.0 Å². The molecule has 1 aliphatic heterocycles. The van der Waals surface area contributed by atoms with E-state index in [-0.39, 0.29) is 11.8 Å². The molecule has 0 bridgehead atoms. The summed E-state index contributed by atoms with van der Waals surface area (Å²) in [6.45, 7) is 1.90. The molecule has 1 N–H and O–H groups in total. The second-order valence-electron chi connectivity index (χ2n) is 5.45. The highest BCUT2D eigenvalue weighted by molar-refractivity contribution is 7.91. The van der Waals surface area contributed by atoms with Crippen LogP contribution in [0.2, 0.25) is 0 Å². The molecule has 18 heavy (non-hydrogen) atoms. The van der Waals surface area contributed by atoms with Gasteiger partial charge in [0, 0.05) is 12.1 Å². The molecule has 0 spiro atoms. The lowest BCUT2D eigenvalue weighted by Crippen LogP contribution is -2.23. The lowest BCUT2D eigenvalue weighted by atomic mass is 10.0. The van der Waals surface area contributed by atoms with Gasteiger partial charge in [0.25, 0.3) is 0 Å². The Balaban J connectivity index is 2.09. The summed E-state index contributed by atoms with van der Waals surface area (Å²) >= 11 is 0. The molecular formula is C14H19NO2S. The molecule has 3 rings (SSSR count). The van der Waals surface area contributed by atoms with Gasteiger partial charge in [-0.05, 0) is 43.7 Å². The summed E-state index contributed by atoms with van der Waals surface area (Å²) in [5, 5.41) is 3.59. The average Bonchev–Trinajstić information content (AvgIpc) is 3.10. The average molecular weight is 265 g/mol. The molecule has 0 amide bonds. The van der Waals surface area contributed by atoms with E-state index in [9.17, 15) is 8.42 Å². The highest BCUT2D eigenvalue weighted by atomic mass is 32.2. The van der Waals surface area contributed by atoms with Crippen molar-refractivity contribution in [2.24, 2.45) is 0 Å². The van der Waals surface area contributed by atoms with Crippen molar-refractivity contribution < 1.29 is 8.42 Å². The van der Waals surface area contributed by atoms with E-state index in [2.05, 4.69) is 5.32 Å². The fourth-order valence-corrected chi connectivity index (χ4v) is 4.70. The SMILES string of the molecule is Cc1cccc2c1S(=O)(=O)CCCC2NC1CC1. The Labute approximate surface area is 109 Å². The number of benzene rings is 1. The van der Waals surface area contributed by atoms with Crippen LogP contribution < -0.4 is 5.32 Å². The van der Waals surface area contributed by atoms with Crippen LogP contribution in [-0.2, 0) is 9.84 Å². The monoisotopic (exact) mass is 265 g/mol. The highest BCUT2D eigenvalue weighted by Gasteiger charge is 2.32. The van der Waals surface area contributed by atoms with Crippen LogP contribution in [0.15, 0.2) is 23.1 Å². The van der Waals surface area contributed by atoms with E-state index in [1.54, 1.807) is 0 Å². The zero-order chi connectivity index (χ0) is 12.8. The van der Waals surface area contributed by atoms with E-state index in [1.165, 1.54) is 12.8 Å². The molecular weight excluding hydrogens is 246 g/mol. The summed E-state index contributed by atoms with van der Waals surface area (Å²) in [6.07, 6.45) is 4.13. The first-order chi connectivity index (χ1) is 8.58. The van der Waals surface area contributed by atoms with Gasteiger partial charge in [0.15, 0.2) is 9.84 Å². The van der Waals surface area contributed by atoms with E-state index < -0.39 is 9.84 Å². The van der Waals surface area contributed by atoms with Crippen molar-refractivity contribution in [1.29, 1.82) is 0 Å².